The van der Waals surface area contributed by atoms with E-state index >= 15 is 0 Å². The van der Waals surface area contributed by atoms with Crippen molar-refractivity contribution in [3.8, 4) is 0 Å². The normalized spacial score (nSPS) is 21.1. The fourth-order valence-electron chi connectivity index (χ4n) is 2.90. The van der Waals surface area contributed by atoms with Crippen molar-refractivity contribution in [2.75, 3.05) is 11.4 Å². The van der Waals surface area contributed by atoms with Crippen molar-refractivity contribution in [2.24, 2.45) is 5.92 Å². The highest BCUT2D eigenvalue weighted by atomic mass is 16.5. The molecule has 1 saturated heterocycles. The van der Waals surface area contributed by atoms with Crippen LogP contribution in [0.2, 0.25) is 0 Å². The summed E-state index contributed by atoms with van der Waals surface area (Å²) >= 11 is 0. The van der Waals surface area contributed by atoms with Gasteiger partial charge in [0.15, 0.2) is 6.10 Å². The fourth-order valence-corrected chi connectivity index (χ4v) is 2.90. The number of carbonyl (C=O) groups is 3. The van der Waals surface area contributed by atoms with Gasteiger partial charge in [0.25, 0.3) is 5.91 Å². The molecule has 0 spiro atoms. The van der Waals surface area contributed by atoms with Gasteiger partial charge in [-0.2, -0.15) is 0 Å². The van der Waals surface area contributed by atoms with Crippen molar-refractivity contribution in [3.63, 3.8) is 0 Å². The molecule has 134 valence electrons. The van der Waals surface area contributed by atoms with E-state index in [9.17, 15) is 14.4 Å². The van der Waals surface area contributed by atoms with E-state index in [1.54, 1.807) is 11.8 Å². The first-order chi connectivity index (χ1) is 12.0. The maximum Gasteiger partial charge on any atom is 0.312 e. The lowest BCUT2D eigenvalue weighted by molar-refractivity contribution is -0.158. The van der Waals surface area contributed by atoms with Gasteiger partial charge < -0.3 is 15.0 Å². The first-order valence-corrected chi connectivity index (χ1v) is 8.88. The quantitative estimate of drug-likeness (QED) is 0.799. The molecule has 0 radical (unpaired) electrons. The van der Waals surface area contributed by atoms with Crippen LogP contribution in [0.15, 0.2) is 24.3 Å². The van der Waals surface area contributed by atoms with Crippen LogP contribution in [-0.2, 0) is 25.5 Å². The number of anilines is 1. The van der Waals surface area contributed by atoms with Gasteiger partial charge in [-0.15, -0.1) is 0 Å². The third-order valence-electron chi connectivity index (χ3n) is 4.70. The fraction of sp³-hybridized carbons (Fsp3) is 0.526. The Kier molecular flexibility index (Phi) is 5.06. The third kappa shape index (κ3) is 4.18. The van der Waals surface area contributed by atoms with Crippen molar-refractivity contribution in [1.82, 2.24) is 5.32 Å². The first kappa shape index (κ1) is 17.5. The smallest absolute Gasteiger partial charge is 0.312 e. The number of ether oxygens (including phenoxy) is 1. The molecule has 1 aromatic carbocycles. The highest BCUT2D eigenvalue weighted by Gasteiger charge is 2.37. The standard InChI is InChI=1S/C19H24N2O4/c1-3-13-4-8-16(9-5-13)21-11-14(10-17(21)22)19(24)25-12(2)18(23)20-15-6-7-15/h4-5,8-9,12,14-15H,3,6-7,10-11H2,1-2H3,(H,20,23)/t12-,14-/m0/s1. The molecule has 0 bridgehead atoms. The molecule has 3 rings (SSSR count). The summed E-state index contributed by atoms with van der Waals surface area (Å²) in [4.78, 5) is 38.1. The van der Waals surface area contributed by atoms with Crippen molar-refractivity contribution >= 4 is 23.5 Å². The Morgan fingerprint density at radius 3 is 2.56 bits per heavy atom. The van der Waals surface area contributed by atoms with Crippen molar-refractivity contribution in [3.05, 3.63) is 29.8 Å². The summed E-state index contributed by atoms with van der Waals surface area (Å²) in [5.41, 5.74) is 1.99. The number of carbonyl (C=O) groups excluding carboxylic acids is 3. The topological polar surface area (TPSA) is 75.7 Å². The minimum atomic E-state index is -0.832. The number of aryl methyl sites for hydroxylation is 1. The summed E-state index contributed by atoms with van der Waals surface area (Å²) in [7, 11) is 0. The molecule has 2 fully saturated rings. The Morgan fingerprint density at radius 1 is 1.28 bits per heavy atom. The minimum Gasteiger partial charge on any atom is -0.452 e. The monoisotopic (exact) mass is 344 g/mol. The van der Waals surface area contributed by atoms with Crippen LogP contribution in [0.3, 0.4) is 0 Å². The van der Waals surface area contributed by atoms with Crippen LogP contribution in [0.25, 0.3) is 0 Å². The number of esters is 1. The SMILES string of the molecule is CCc1ccc(N2C[C@@H](C(=O)O[C@@H](C)C(=O)NC3CC3)CC2=O)cc1. The summed E-state index contributed by atoms with van der Waals surface area (Å²) < 4.78 is 5.26. The highest BCUT2D eigenvalue weighted by molar-refractivity contribution is 5.99. The molecule has 1 aliphatic heterocycles. The zero-order valence-corrected chi connectivity index (χ0v) is 14.7. The Morgan fingerprint density at radius 2 is 1.96 bits per heavy atom. The number of amides is 2. The van der Waals surface area contributed by atoms with Crippen LogP contribution in [-0.4, -0.2) is 36.5 Å². The lowest BCUT2D eigenvalue weighted by Crippen LogP contribution is -2.38. The Balaban J connectivity index is 1.57. The number of hydrogen-bond donors (Lipinski definition) is 1. The zero-order valence-electron chi connectivity index (χ0n) is 14.7. The average molecular weight is 344 g/mol. The van der Waals surface area contributed by atoms with E-state index in [2.05, 4.69) is 12.2 Å². The summed E-state index contributed by atoms with van der Waals surface area (Å²) in [6, 6.07) is 7.99. The largest absolute Gasteiger partial charge is 0.452 e. The molecule has 0 aromatic heterocycles. The molecule has 1 saturated carbocycles. The molecular formula is C19H24N2O4. The van der Waals surface area contributed by atoms with Crippen LogP contribution >= 0.6 is 0 Å². The molecule has 1 N–H and O–H groups in total. The van der Waals surface area contributed by atoms with Crippen LogP contribution in [0, 0.1) is 5.92 Å². The van der Waals surface area contributed by atoms with Gasteiger partial charge in [-0.05, 0) is 43.9 Å². The maximum atomic E-state index is 12.3. The van der Waals surface area contributed by atoms with E-state index in [0.717, 1.165) is 24.9 Å². The molecule has 1 aliphatic carbocycles. The predicted octanol–water partition coefficient (Wildman–Crippen LogP) is 1.81. The highest BCUT2D eigenvalue weighted by Crippen LogP contribution is 2.26. The second-order valence-corrected chi connectivity index (χ2v) is 6.79. The first-order valence-electron chi connectivity index (χ1n) is 8.88. The van der Waals surface area contributed by atoms with Gasteiger partial charge in [-0.25, -0.2) is 0 Å². The van der Waals surface area contributed by atoms with Gasteiger partial charge in [0, 0.05) is 24.7 Å². The lowest BCUT2D eigenvalue weighted by Gasteiger charge is -2.18. The number of benzene rings is 1. The molecule has 0 unspecified atom stereocenters. The molecule has 1 heterocycles. The molecule has 2 aliphatic rings. The Labute approximate surface area is 147 Å². The van der Waals surface area contributed by atoms with Crippen molar-refractivity contribution in [2.45, 2.75) is 51.7 Å². The Bertz CT molecular complexity index is 667. The third-order valence-corrected chi connectivity index (χ3v) is 4.70. The van der Waals surface area contributed by atoms with Crippen LogP contribution in [0.5, 0.6) is 0 Å². The van der Waals surface area contributed by atoms with Gasteiger partial charge in [0.2, 0.25) is 5.91 Å². The number of rotatable bonds is 6. The summed E-state index contributed by atoms with van der Waals surface area (Å²) in [5.74, 6) is -1.39. The summed E-state index contributed by atoms with van der Waals surface area (Å²) in [6.07, 6.45) is 2.18. The van der Waals surface area contributed by atoms with Crippen molar-refractivity contribution < 1.29 is 19.1 Å². The van der Waals surface area contributed by atoms with E-state index in [-0.39, 0.29) is 24.3 Å². The Hall–Kier alpha value is -2.37. The second-order valence-electron chi connectivity index (χ2n) is 6.79. The minimum absolute atomic E-state index is 0.0960. The molecule has 6 nitrogen and oxygen atoms in total. The molecule has 6 heteroatoms. The van der Waals surface area contributed by atoms with Gasteiger partial charge in [-0.3, -0.25) is 14.4 Å². The van der Waals surface area contributed by atoms with Gasteiger partial charge in [0.1, 0.15) is 0 Å². The van der Waals surface area contributed by atoms with Gasteiger partial charge >= 0.3 is 5.97 Å². The van der Waals surface area contributed by atoms with Crippen LogP contribution in [0.4, 0.5) is 5.69 Å². The molecule has 2 amide bonds. The van der Waals surface area contributed by atoms with E-state index in [1.807, 2.05) is 24.3 Å². The van der Waals surface area contributed by atoms with E-state index in [1.165, 1.54) is 5.56 Å². The molecule has 1 aromatic rings. The van der Waals surface area contributed by atoms with E-state index < -0.39 is 18.0 Å². The number of nitrogens with one attached hydrogen (secondary N) is 1. The summed E-state index contributed by atoms with van der Waals surface area (Å²) in [5, 5.41) is 2.81. The number of nitrogens with zero attached hydrogens (tertiary/aromatic N) is 1. The van der Waals surface area contributed by atoms with Gasteiger partial charge in [-0.1, -0.05) is 19.1 Å². The predicted molar refractivity (Wildman–Crippen MR) is 93.0 cm³/mol. The maximum absolute atomic E-state index is 12.3. The van der Waals surface area contributed by atoms with Gasteiger partial charge in [0.05, 0.1) is 5.92 Å². The lowest BCUT2D eigenvalue weighted by atomic mass is 10.1. The van der Waals surface area contributed by atoms with Crippen molar-refractivity contribution in [1.29, 1.82) is 0 Å². The molecular weight excluding hydrogens is 320 g/mol. The average Bonchev–Trinajstić information content (AvgIpc) is 3.33. The van der Waals surface area contributed by atoms with E-state index in [0.29, 0.717) is 6.54 Å². The van der Waals surface area contributed by atoms with E-state index in [4.69, 9.17) is 4.74 Å². The zero-order chi connectivity index (χ0) is 18.0. The molecule has 2 atom stereocenters. The molecule has 25 heavy (non-hydrogen) atoms. The van der Waals surface area contributed by atoms with Crippen LogP contribution in [0.1, 0.15) is 38.7 Å². The second kappa shape index (κ2) is 7.25. The van der Waals surface area contributed by atoms with Crippen LogP contribution < -0.4 is 10.2 Å². The number of hydrogen-bond acceptors (Lipinski definition) is 4. The summed E-state index contributed by atoms with van der Waals surface area (Å²) in [6.45, 7) is 3.93.